The molecule has 2 unspecified atom stereocenters. The molecule has 25 heavy (non-hydrogen) atoms. The summed E-state index contributed by atoms with van der Waals surface area (Å²) in [6.07, 6.45) is 0.680. The highest BCUT2D eigenvalue weighted by Gasteiger charge is 2.29. The molecule has 0 bridgehead atoms. The number of aromatic nitrogens is 1. The van der Waals surface area contributed by atoms with Crippen LogP contribution in [0.4, 0.5) is 0 Å². The number of hydrogen-bond donors (Lipinski definition) is 3. The summed E-state index contributed by atoms with van der Waals surface area (Å²) in [4.78, 5) is 15.5. The van der Waals surface area contributed by atoms with Crippen LogP contribution in [0.5, 0.6) is 0 Å². The number of hydrogen-bond acceptors (Lipinski definition) is 3. The Morgan fingerprint density at radius 3 is 2.72 bits per heavy atom. The lowest BCUT2D eigenvalue weighted by molar-refractivity contribution is 0.00357. The summed E-state index contributed by atoms with van der Waals surface area (Å²) in [5.74, 6) is -0.264. The molecular formula is C18H21Cl2N3O2. The fraction of sp³-hybridized carbons (Fsp3) is 0.389. The first-order chi connectivity index (χ1) is 12.1. The van der Waals surface area contributed by atoms with Crippen molar-refractivity contribution in [1.82, 2.24) is 15.6 Å². The Morgan fingerprint density at radius 2 is 2.04 bits per heavy atom. The number of ether oxygens (including phenoxy) is 1. The molecule has 0 aliphatic carbocycles. The second kappa shape index (κ2) is 8.23. The second-order valence-corrected chi connectivity index (χ2v) is 6.92. The molecule has 7 heteroatoms. The largest absolute Gasteiger partial charge is 0.370 e. The van der Waals surface area contributed by atoms with Crippen LogP contribution < -0.4 is 10.6 Å². The van der Waals surface area contributed by atoms with Gasteiger partial charge in [0.15, 0.2) is 0 Å². The number of carbonyl (C=O) groups excluding carboxylic acids is 1. The monoisotopic (exact) mass is 381 g/mol. The Balaban J connectivity index is 1.64. The molecule has 0 radical (unpaired) electrons. The number of aryl methyl sites for hydroxylation is 1. The van der Waals surface area contributed by atoms with Crippen LogP contribution in [0.15, 0.2) is 30.3 Å². The molecule has 0 spiro atoms. The van der Waals surface area contributed by atoms with Crippen molar-refractivity contribution in [2.75, 3.05) is 13.1 Å². The maximum absolute atomic E-state index is 12.6. The van der Waals surface area contributed by atoms with Crippen LogP contribution in [-0.4, -0.2) is 36.1 Å². The molecule has 1 aliphatic rings. The molecular weight excluding hydrogens is 361 g/mol. The van der Waals surface area contributed by atoms with Gasteiger partial charge >= 0.3 is 0 Å². The first-order valence-electron chi connectivity index (χ1n) is 8.27. The Kier molecular flexibility index (Phi) is 6.02. The number of amides is 1. The van der Waals surface area contributed by atoms with Gasteiger partial charge in [0.1, 0.15) is 5.69 Å². The Labute approximate surface area is 157 Å². The fourth-order valence-electron chi connectivity index (χ4n) is 2.92. The normalized spacial score (nSPS) is 20.4. The van der Waals surface area contributed by atoms with E-state index < -0.39 is 0 Å². The third-order valence-corrected chi connectivity index (χ3v) is 5.28. The smallest absolute Gasteiger partial charge is 0.269 e. The van der Waals surface area contributed by atoms with Crippen molar-refractivity contribution in [1.29, 1.82) is 0 Å². The van der Waals surface area contributed by atoms with Gasteiger partial charge in [-0.05, 0) is 25.5 Å². The Morgan fingerprint density at radius 1 is 1.28 bits per heavy atom. The van der Waals surface area contributed by atoms with E-state index in [2.05, 4.69) is 15.6 Å². The highest BCUT2D eigenvalue weighted by atomic mass is 35.5. The third-order valence-electron chi connectivity index (χ3n) is 4.33. The molecule has 3 N–H and O–H groups in total. The van der Waals surface area contributed by atoms with E-state index >= 15 is 0 Å². The van der Waals surface area contributed by atoms with Gasteiger partial charge in [0.2, 0.25) is 0 Å². The Hall–Kier alpha value is -1.53. The average Bonchev–Trinajstić information content (AvgIpc) is 2.89. The number of carbonyl (C=O) groups is 1. The summed E-state index contributed by atoms with van der Waals surface area (Å²) in [7, 11) is 0. The Bertz CT molecular complexity index is 733. The van der Waals surface area contributed by atoms with Gasteiger partial charge in [0.25, 0.3) is 5.91 Å². The van der Waals surface area contributed by atoms with Crippen molar-refractivity contribution in [3.63, 3.8) is 0 Å². The van der Waals surface area contributed by atoms with Gasteiger partial charge in [-0.1, -0.05) is 53.5 Å². The highest BCUT2D eigenvalue weighted by Crippen LogP contribution is 2.29. The molecule has 134 valence electrons. The molecule has 1 aliphatic heterocycles. The van der Waals surface area contributed by atoms with Crippen molar-refractivity contribution in [3.8, 4) is 0 Å². The second-order valence-electron chi connectivity index (χ2n) is 6.16. The van der Waals surface area contributed by atoms with E-state index in [4.69, 9.17) is 27.9 Å². The summed E-state index contributed by atoms with van der Waals surface area (Å²) in [5, 5.41) is 6.97. The zero-order valence-corrected chi connectivity index (χ0v) is 15.5. The maximum Gasteiger partial charge on any atom is 0.269 e. The van der Waals surface area contributed by atoms with Crippen LogP contribution in [0.1, 0.15) is 28.2 Å². The van der Waals surface area contributed by atoms with Crippen molar-refractivity contribution in [2.24, 2.45) is 0 Å². The lowest BCUT2D eigenvalue weighted by Crippen LogP contribution is -2.53. The number of benzene rings is 1. The van der Waals surface area contributed by atoms with Crippen molar-refractivity contribution in [3.05, 3.63) is 57.3 Å². The predicted molar refractivity (Wildman–Crippen MR) is 99.3 cm³/mol. The summed E-state index contributed by atoms with van der Waals surface area (Å²) < 4.78 is 6.03. The number of H-pyrrole nitrogens is 1. The van der Waals surface area contributed by atoms with E-state index in [9.17, 15) is 4.79 Å². The van der Waals surface area contributed by atoms with Gasteiger partial charge in [-0.25, -0.2) is 0 Å². The molecule has 1 amide bonds. The van der Waals surface area contributed by atoms with Gasteiger partial charge in [0.05, 0.1) is 28.8 Å². The first-order valence-corrected chi connectivity index (χ1v) is 9.02. The molecule has 2 aromatic rings. The maximum atomic E-state index is 12.6. The lowest BCUT2D eigenvalue weighted by atomic mass is 10.0. The van der Waals surface area contributed by atoms with E-state index in [1.807, 2.05) is 30.3 Å². The van der Waals surface area contributed by atoms with Gasteiger partial charge in [-0.15, -0.1) is 0 Å². The molecule has 1 fully saturated rings. The van der Waals surface area contributed by atoms with Crippen LogP contribution in [0, 0.1) is 6.92 Å². The number of nitrogens with one attached hydrogen (secondary N) is 3. The van der Waals surface area contributed by atoms with E-state index in [-0.39, 0.29) is 23.1 Å². The van der Waals surface area contributed by atoms with E-state index in [1.54, 1.807) is 6.92 Å². The molecule has 5 nitrogen and oxygen atoms in total. The molecule has 2 atom stereocenters. The van der Waals surface area contributed by atoms with Gasteiger partial charge in [-0.2, -0.15) is 0 Å². The topological polar surface area (TPSA) is 66.2 Å². The first kappa shape index (κ1) is 18.3. The van der Waals surface area contributed by atoms with Crippen molar-refractivity contribution < 1.29 is 9.53 Å². The minimum absolute atomic E-state index is 0.0871. The van der Waals surface area contributed by atoms with Crippen LogP contribution in [0.3, 0.4) is 0 Å². The summed E-state index contributed by atoms with van der Waals surface area (Å²) >= 11 is 12.2. The summed E-state index contributed by atoms with van der Waals surface area (Å²) in [6, 6.07) is 9.89. The minimum Gasteiger partial charge on any atom is -0.370 e. The van der Waals surface area contributed by atoms with Crippen LogP contribution in [0.2, 0.25) is 10.0 Å². The lowest BCUT2D eigenvalue weighted by Gasteiger charge is -2.32. The number of halogens is 2. The quantitative estimate of drug-likeness (QED) is 0.744. The highest BCUT2D eigenvalue weighted by molar-refractivity contribution is 6.44. The van der Waals surface area contributed by atoms with Crippen molar-refractivity contribution in [2.45, 2.75) is 32.1 Å². The van der Waals surface area contributed by atoms with E-state index in [0.717, 1.165) is 18.5 Å². The molecule has 1 aromatic heterocycles. The van der Waals surface area contributed by atoms with Crippen LogP contribution in [0.25, 0.3) is 0 Å². The van der Waals surface area contributed by atoms with Crippen LogP contribution in [-0.2, 0) is 11.3 Å². The standard InChI is InChI=1S/C18H21Cl2N3O2/c1-11-15(19)16(20)17(22-11)18(24)23-13-7-8-21-9-14(13)25-10-12-5-3-2-4-6-12/h2-6,13-14,21-22H,7-10H2,1H3,(H,23,24). The third kappa shape index (κ3) is 4.36. The summed E-state index contributed by atoms with van der Waals surface area (Å²) in [5.41, 5.74) is 2.08. The average molecular weight is 382 g/mol. The zero-order chi connectivity index (χ0) is 17.8. The molecule has 0 saturated carbocycles. The SMILES string of the molecule is Cc1[nH]c(C(=O)NC2CCNCC2OCc2ccccc2)c(Cl)c1Cl. The molecule has 3 rings (SSSR count). The van der Waals surface area contributed by atoms with Crippen LogP contribution >= 0.6 is 23.2 Å². The predicted octanol–water partition coefficient (Wildman–Crippen LogP) is 3.31. The van der Waals surface area contributed by atoms with E-state index in [1.165, 1.54) is 0 Å². The van der Waals surface area contributed by atoms with Crippen molar-refractivity contribution >= 4 is 29.1 Å². The molecule has 2 heterocycles. The number of rotatable bonds is 5. The van der Waals surface area contributed by atoms with Gasteiger partial charge < -0.3 is 20.4 Å². The molecule has 1 saturated heterocycles. The van der Waals surface area contributed by atoms with Gasteiger partial charge in [-0.3, -0.25) is 4.79 Å². The van der Waals surface area contributed by atoms with E-state index in [0.29, 0.717) is 29.6 Å². The molecule has 1 aromatic carbocycles. The van der Waals surface area contributed by atoms with Gasteiger partial charge in [0, 0.05) is 12.2 Å². The fourth-order valence-corrected chi connectivity index (χ4v) is 3.33. The summed E-state index contributed by atoms with van der Waals surface area (Å²) in [6.45, 7) is 3.81. The number of aromatic amines is 1. The minimum atomic E-state index is -0.264. The zero-order valence-electron chi connectivity index (χ0n) is 13.9. The number of piperidine rings is 1.